The van der Waals surface area contributed by atoms with Crippen LogP contribution in [-0.4, -0.2) is 21.4 Å². The van der Waals surface area contributed by atoms with Crippen molar-refractivity contribution in [3.8, 4) is 11.4 Å². The Labute approximate surface area is 167 Å². The van der Waals surface area contributed by atoms with Gasteiger partial charge in [0, 0.05) is 48.3 Å². The first-order valence-corrected chi connectivity index (χ1v) is 9.13. The molecule has 1 N–H and O–H groups in total. The Bertz CT molecular complexity index is 1120. The fourth-order valence-corrected chi connectivity index (χ4v) is 3.47. The second kappa shape index (κ2) is 7.61. The molecule has 29 heavy (non-hydrogen) atoms. The van der Waals surface area contributed by atoms with Crippen molar-refractivity contribution in [1.29, 1.82) is 0 Å². The molecule has 0 unspecified atom stereocenters. The Kier molecular flexibility index (Phi) is 5.14. The summed E-state index contributed by atoms with van der Waals surface area (Å²) in [6.45, 7) is 0.000261. The molecule has 0 amide bonds. The van der Waals surface area contributed by atoms with Crippen molar-refractivity contribution in [2.45, 2.75) is 19.5 Å². The highest BCUT2D eigenvalue weighted by atomic mass is 35.5. The number of aromatic amines is 1. The first-order chi connectivity index (χ1) is 13.8. The molecule has 4 nitrogen and oxygen atoms in total. The Balaban J connectivity index is 1.62. The van der Waals surface area contributed by atoms with E-state index in [1.807, 2.05) is 0 Å². The van der Waals surface area contributed by atoms with Crippen molar-refractivity contribution in [3.63, 3.8) is 0 Å². The third kappa shape index (κ3) is 3.77. The molecular weight excluding hydrogens is 410 g/mol. The molecule has 1 aromatic heterocycles. The van der Waals surface area contributed by atoms with E-state index in [0.717, 1.165) is 0 Å². The highest BCUT2D eigenvalue weighted by molar-refractivity contribution is 6.30. The highest BCUT2D eigenvalue weighted by Gasteiger charge is 2.25. The van der Waals surface area contributed by atoms with Gasteiger partial charge in [-0.3, -0.25) is 9.69 Å². The maximum absolute atomic E-state index is 13.9. The zero-order chi connectivity index (χ0) is 20.7. The van der Waals surface area contributed by atoms with Gasteiger partial charge in [0.05, 0.1) is 11.3 Å². The van der Waals surface area contributed by atoms with Crippen LogP contribution in [0.25, 0.3) is 11.4 Å². The summed E-state index contributed by atoms with van der Waals surface area (Å²) in [6, 6.07) is 6.99. The maximum atomic E-state index is 13.9. The number of nitrogens with one attached hydrogen (secondary N) is 1. The van der Waals surface area contributed by atoms with E-state index < -0.39 is 28.8 Å². The molecule has 9 heteroatoms. The lowest BCUT2D eigenvalue weighted by atomic mass is 10.0. The van der Waals surface area contributed by atoms with E-state index >= 15 is 0 Å². The monoisotopic (exact) mass is 423 g/mol. The van der Waals surface area contributed by atoms with E-state index in [9.17, 15) is 22.4 Å². The summed E-state index contributed by atoms with van der Waals surface area (Å²) in [4.78, 5) is 21.3. The molecule has 0 saturated carbocycles. The van der Waals surface area contributed by atoms with E-state index in [-0.39, 0.29) is 24.7 Å². The van der Waals surface area contributed by atoms with E-state index in [2.05, 4.69) is 9.97 Å². The standard InChI is InChI=1S/C20H14ClF4N3O/c21-11-3-1-10(2-4-11)19-26-16-5-6-28(8-12(16)20(29)27-19)9-13-17(24)14(22)7-15(23)18(13)25/h1-4,7H,5-6,8-9H2,(H,26,27,29). The van der Waals surface area contributed by atoms with Gasteiger partial charge in [-0.15, -0.1) is 0 Å². The summed E-state index contributed by atoms with van der Waals surface area (Å²) in [7, 11) is 0. The van der Waals surface area contributed by atoms with Crippen molar-refractivity contribution < 1.29 is 17.6 Å². The van der Waals surface area contributed by atoms with Crippen LogP contribution in [0.4, 0.5) is 17.6 Å². The van der Waals surface area contributed by atoms with Crippen molar-refractivity contribution in [2.75, 3.05) is 6.54 Å². The Morgan fingerprint density at radius 3 is 2.38 bits per heavy atom. The molecule has 4 rings (SSSR count). The first kappa shape index (κ1) is 19.6. The lowest BCUT2D eigenvalue weighted by Gasteiger charge is -2.28. The number of nitrogens with zero attached hydrogens (tertiary/aromatic N) is 2. The van der Waals surface area contributed by atoms with Crippen LogP contribution >= 0.6 is 11.6 Å². The van der Waals surface area contributed by atoms with E-state index in [1.54, 1.807) is 29.2 Å². The number of fused-ring (bicyclic) bond motifs is 1. The third-order valence-electron chi connectivity index (χ3n) is 4.85. The molecular formula is C20H14ClF4N3O. The number of H-pyrrole nitrogens is 1. The van der Waals surface area contributed by atoms with Gasteiger partial charge in [-0.05, 0) is 24.3 Å². The summed E-state index contributed by atoms with van der Waals surface area (Å²) < 4.78 is 54.8. The van der Waals surface area contributed by atoms with Gasteiger partial charge in [-0.1, -0.05) is 11.6 Å². The van der Waals surface area contributed by atoms with Crippen LogP contribution in [0.15, 0.2) is 35.1 Å². The van der Waals surface area contributed by atoms with Gasteiger partial charge in [0.2, 0.25) is 0 Å². The second-order valence-corrected chi connectivity index (χ2v) is 7.19. The molecule has 0 atom stereocenters. The van der Waals surface area contributed by atoms with Gasteiger partial charge >= 0.3 is 0 Å². The van der Waals surface area contributed by atoms with Crippen molar-refractivity contribution in [2.24, 2.45) is 0 Å². The minimum absolute atomic E-state index is 0.0512. The van der Waals surface area contributed by atoms with E-state index in [1.165, 1.54) is 0 Å². The lowest BCUT2D eigenvalue weighted by molar-refractivity contribution is 0.232. The van der Waals surface area contributed by atoms with Crippen LogP contribution in [0.2, 0.25) is 5.02 Å². The topological polar surface area (TPSA) is 49.0 Å². The zero-order valence-electron chi connectivity index (χ0n) is 14.9. The molecule has 0 saturated heterocycles. The number of rotatable bonds is 3. The van der Waals surface area contributed by atoms with Crippen LogP contribution in [-0.2, 0) is 19.5 Å². The van der Waals surface area contributed by atoms with Gasteiger partial charge in [-0.2, -0.15) is 0 Å². The maximum Gasteiger partial charge on any atom is 0.255 e. The molecule has 1 aliphatic rings. The molecule has 150 valence electrons. The first-order valence-electron chi connectivity index (χ1n) is 8.75. The number of halogens is 5. The molecule has 1 aliphatic heterocycles. The van der Waals surface area contributed by atoms with Crippen LogP contribution < -0.4 is 5.56 Å². The van der Waals surface area contributed by atoms with E-state index in [4.69, 9.17) is 11.6 Å². The molecule has 0 radical (unpaired) electrons. The Morgan fingerprint density at radius 2 is 1.72 bits per heavy atom. The summed E-state index contributed by atoms with van der Waals surface area (Å²) in [6.07, 6.45) is 0.348. The fourth-order valence-electron chi connectivity index (χ4n) is 3.35. The van der Waals surface area contributed by atoms with Crippen molar-refractivity contribution >= 4 is 11.6 Å². The number of aromatic nitrogens is 2. The highest BCUT2D eigenvalue weighted by Crippen LogP contribution is 2.24. The predicted molar refractivity (Wildman–Crippen MR) is 99.4 cm³/mol. The summed E-state index contributed by atoms with van der Waals surface area (Å²) >= 11 is 5.87. The minimum atomic E-state index is -1.46. The number of hydrogen-bond acceptors (Lipinski definition) is 3. The van der Waals surface area contributed by atoms with Gasteiger partial charge in [0.25, 0.3) is 5.56 Å². The molecule has 0 fully saturated rings. The summed E-state index contributed by atoms with van der Waals surface area (Å²) in [5.41, 5.74) is 0.535. The quantitative estimate of drug-likeness (QED) is 0.507. The lowest BCUT2D eigenvalue weighted by Crippen LogP contribution is -2.36. The zero-order valence-corrected chi connectivity index (χ0v) is 15.7. The van der Waals surface area contributed by atoms with Crippen LogP contribution in [0, 0.1) is 23.3 Å². The van der Waals surface area contributed by atoms with Crippen LogP contribution in [0.3, 0.4) is 0 Å². The van der Waals surface area contributed by atoms with Crippen LogP contribution in [0.5, 0.6) is 0 Å². The SMILES string of the molecule is O=c1[nH]c(-c2ccc(Cl)cc2)nc2c1CN(Cc1c(F)c(F)cc(F)c1F)CC2. The normalized spacial score (nSPS) is 14.1. The summed E-state index contributed by atoms with van der Waals surface area (Å²) in [5, 5.41) is 0.554. The number of hydrogen-bond donors (Lipinski definition) is 1. The van der Waals surface area contributed by atoms with Crippen molar-refractivity contribution in [1.82, 2.24) is 14.9 Å². The Morgan fingerprint density at radius 1 is 1.07 bits per heavy atom. The molecule has 0 bridgehead atoms. The Hall–Kier alpha value is -2.71. The van der Waals surface area contributed by atoms with Gasteiger partial charge in [0.1, 0.15) is 5.82 Å². The smallest absolute Gasteiger partial charge is 0.255 e. The third-order valence-corrected chi connectivity index (χ3v) is 5.10. The van der Waals surface area contributed by atoms with E-state index in [0.29, 0.717) is 40.6 Å². The van der Waals surface area contributed by atoms with Gasteiger partial charge in [-0.25, -0.2) is 22.5 Å². The fraction of sp³-hybridized carbons (Fsp3) is 0.200. The number of benzene rings is 2. The average molecular weight is 424 g/mol. The molecule has 0 spiro atoms. The molecule has 2 aromatic carbocycles. The predicted octanol–water partition coefficient (Wildman–Crippen LogP) is 4.21. The van der Waals surface area contributed by atoms with Gasteiger partial charge in [0.15, 0.2) is 23.3 Å². The summed E-state index contributed by atoms with van der Waals surface area (Å²) in [5.74, 6) is -5.38. The molecule has 0 aliphatic carbocycles. The molecule has 3 aromatic rings. The van der Waals surface area contributed by atoms with Gasteiger partial charge < -0.3 is 4.98 Å². The van der Waals surface area contributed by atoms with Crippen LogP contribution in [0.1, 0.15) is 16.8 Å². The minimum Gasteiger partial charge on any atom is -0.306 e. The van der Waals surface area contributed by atoms with Crippen molar-refractivity contribution in [3.05, 3.63) is 85.8 Å². The average Bonchev–Trinajstić information content (AvgIpc) is 2.70. The molecule has 2 heterocycles. The second-order valence-electron chi connectivity index (χ2n) is 6.75. The largest absolute Gasteiger partial charge is 0.306 e.